The number of benzene rings is 1. The summed E-state index contributed by atoms with van der Waals surface area (Å²) in [5.74, 6) is -0.380. The highest BCUT2D eigenvalue weighted by Crippen LogP contribution is 2.23. The molecule has 104 valence electrons. The number of aryl methyl sites for hydroxylation is 1. The number of carbonyl (C=O) groups is 1. The van der Waals surface area contributed by atoms with E-state index in [9.17, 15) is 4.79 Å². The van der Waals surface area contributed by atoms with Crippen molar-refractivity contribution in [3.8, 4) is 0 Å². The average molecular weight is 374 g/mol. The van der Waals surface area contributed by atoms with Gasteiger partial charge in [0.15, 0.2) is 0 Å². The zero-order chi connectivity index (χ0) is 14.7. The SMILES string of the molecule is CCc1cc(Br)ccc1NC(=O)c1nc(Cl)ccc1Cl. The van der Waals surface area contributed by atoms with Gasteiger partial charge in [-0.15, -0.1) is 0 Å². The second-order valence-corrected chi connectivity index (χ2v) is 5.78. The molecule has 6 heteroatoms. The fraction of sp³-hybridized carbons (Fsp3) is 0.143. The smallest absolute Gasteiger partial charge is 0.275 e. The highest BCUT2D eigenvalue weighted by atomic mass is 79.9. The summed E-state index contributed by atoms with van der Waals surface area (Å²) in [7, 11) is 0. The van der Waals surface area contributed by atoms with Crippen molar-refractivity contribution in [2.45, 2.75) is 13.3 Å². The van der Waals surface area contributed by atoms with E-state index in [1.54, 1.807) is 6.07 Å². The maximum Gasteiger partial charge on any atom is 0.275 e. The van der Waals surface area contributed by atoms with Crippen LogP contribution in [0.3, 0.4) is 0 Å². The molecule has 0 fully saturated rings. The van der Waals surface area contributed by atoms with Crippen LogP contribution in [-0.4, -0.2) is 10.9 Å². The van der Waals surface area contributed by atoms with Gasteiger partial charge in [0.05, 0.1) is 5.02 Å². The van der Waals surface area contributed by atoms with Crippen LogP contribution in [-0.2, 0) is 6.42 Å². The molecule has 0 saturated carbocycles. The van der Waals surface area contributed by atoms with Gasteiger partial charge in [-0.3, -0.25) is 4.79 Å². The largest absolute Gasteiger partial charge is 0.320 e. The number of nitrogens with one attached hydrogen (secondary N) is 1. The normalized spacial score (nSPS) is 10.4. The predicted molar refractivity (Wildman–Crippen MR) is 85.7 cm³/mol. The third kappa shape index (κ3) is 3.51. The summed E-state index contributed by atoms with van der Waals surface area (Å²) in [5.41, 5.74) is 1.87. The minimum atomic E-state index is -0.380. The summed E-state index contributed by atoms with van der Waals surface area (Å²) in [5, 5.41) is 3.30. The van der Waals surface area contributed by atoms with Gasteiger partial charge in [-0.25, -0.2) is 4.98 Å². The van der Waals surface area contributed by atoms with Crippen LogP contribution >= 0.6 is 39.1 Å². The summed E-state index contributed by atoms with van der Waals surface area (Å²) in [4.78, 5) is 16.2. The molecule has 0 aliphatic carbocycles. The van der Waals surface area contributed by atoms with Gasteiger partial charge in [0.25, 0.3) is 5.91 Å². The van der Waals surface area contributed by atoms with E-state index in [1.807, 2.05) is 25.1 Å². The Labute approximate surface area is 135 Å². The number of carbonyl (C=O) groups excluding carboxylic acids is 1. The van der Waals surface area contributed by atoms with Gasteiger partial charge in [0.1, 0.15) is 10.8 Å². The molecule has 1 amide bonds. The van der Waals surface area contributed by atoms with Crippen LogP contribution in [0.5, 0.6) is 0 Å². The van der Waals surface area contributed by atoms with Gasteiger partial charge in [-0.1, -0.05) is 46.1 Å². The first-order chi connectivity index (χ1) is 9.51. The lowest BCUT2D eigenvalue weighted by Crippen LogP contribution is -2.15. The van der Waals surface area contributed by atoms with E-state index >= 15 is 0 Å². The summed E-state index contributed by atoms with van der Waals surface area (Å²) >= 11 is 15.2. The highest BCUT2D eigenvalue weighted by Gasteiger charge is 2.14. The molecule has 3 nitrogen and oxygen atoms in total. The summed E-state index contributed by atoms with van der Waals surface area (Å²) < 4.78 is 0.964. The number of amides is 1. The summed E-state index contributed by atoms with van der Waals surface area (Å²) in [6.07, 6.45) is 0.797. The first kappa shape index (κ1) is 15.3. The molecule has 1 heterocycles. The second kappa shape index (κ2) is 6.57. The highest BCUT2D eigenvalue weighted by molar-refractivity contribution is 9.10. The molecule has 20 heavy (non-hydrogen) atoms. The monoisotopic (exact) mass is 372 g/mol. The fourth-order valence-corrected chi connectivity index (χ4v) is 2.48. The van der Waals surface area contributed by atoms with E-state index in [4.69, 9.17) is 23.2 Å². The molecule has 0 saturated heterocycles. The van der Waals surface area contributed by atoms with Crippen molar-refractivity contribution in [1.82, 2.24) is 4.98 Å². The van der Waals surface area contributed by atoms with Gasteiger partial charge in [-0.05, 0) is 42.3 Å². The van der Waals surface area contributed by atoms with Crippen LogP contribution in [0.4, 0.5) is 5.69 Å². The van der Waals surface area contributed by atoms with Crippen LogP contribution in [0.2, 0.25) is 10.2 Å². The molecule has 1 aromatic carbocycles. The Morgan fingerprint density at radius 2 is 2.05 bits per heavy atom. The number of pyridine rings is 1. The van der Waals surface area contributed by atoms with Crippen LogP contribution in [0.25, 0.3) is 0 Å². The van der Waals surface area contributed by atoms with E-state index in [1.165, 1.54) is 6.07 Å². The van der Waals surface area contributed by atoms with Crippen LogP contribution in [0.15, 0.2) is 34.8 Å². The Kier molecular flexibility index (Phi) is 5.02. The van der Waals surface area contributed by atoms with E-state index in [0.717, 1.165) is 22.1 Å². The van der Waals surface area contributed by atoms with E-state index in [0.29, 0.717) is 0 Å². The molecule has 0 aliphatic heterocycles. The number of rotatable bonds is 3. The Balaban J connectivity index is 2.30. The molecule has 2 aromatic rings. The first-order valence-corrected chi connectivity index (χ1v) is 7.48. The van der Waals surface area contributed by atoms with Crippen molar-refractivity contribution in [1.29, 1.82) is 0 Å². The standard InChI is InChI=1S/C14H11BrCl2N2O/c1-2-8-7-9(15)3-5-11(8)18-14(20)13-10(16)4-6-12(17)19-13/h3-7H,2H2,1H3,(H,18,20). The molecule has 0 aliphatic rings. The maximum absolute atomic E-state index is 12.2. The van der Waals surface area contributed by atoms with Gasteiger partial charge < -0.3 is 5.32 Å². The average Bonchev–Trinajstić information content (AvgIpc) is 2.43. The van der Waals surface area contributed by atoms with Crippen molar-refractivity contribution in [2.75, 3.05) is 5.32 Å². The van der Waals surface area contributed by atoms with Gasteiger partial charge in [0, 0.05) is 10.2 Å². The number of anilines is 1. The van der Waals surface area contributed by atoms with Crippen molar-refractivity contribution in [3.05, 3.63) is 56.2 Å². The predicted octanol–water partition coefficient (Wildman–Crippen LogP) is 4.97. The molecular weight excluding hydrogens is 363 g/mol. The van der Waals surface area contributed by atoms with Crippen LogP contribution in [0, 0.1) is 0 Å². The number of hydrogen-bond donors (Lipinski definition) is 1. The molecule has 2 rings (SSSR count). The third-order valence-corrected chi connectivity index (χ3v) is 3.73. The quantitative estimate of drug-likeness (QED) is 0.772. The Morgan fingerprint density at radius 3 is 2.75 bits per heavy atom. The second-order valence-electron chi connectivity index (χ2n) is 4.07. The van der Waals surface area contributed by atoms with E-state index in [-0.39, 0.29) is 21.8 Å². The van der Waals surface area contributed by atoms with Crippen molar-refractivity contribution < 1.29 is 4.79 Å². The van der Waals surface area contributed by atoms with E-state index in [2.05, 4.69) is 26.2 Å². The van der Waals surface area contributed by atoms with Crippen molar-refractivity contribution in [2.24, 2.45) is 0 Å². The molecular formula is C14H11BrCl2N2O. The van der Waals surface area contributed by atoms with Gasteiger partial charge in [-0.2, -0.15) is 0 Å². The van der Waals surface area contributed by atoms with Crippen molar-refractivity contribution in [3.63, 3.8) is 0 Å². The number of halogens is 3. The fourth-order valence-electron chi connectivity index (χ4n) is 1.74. The molecule has 0 bridgehead atoms. The topological polar surface area (TPSA) is 42.0 Å². The lowest BCUT2D eigenvalue weighted by Gasteiger charge is -2.11. The molecule has 0 atom stereocenters. The first-order valence-electron chi connectivity index (χ1n) is 5.93. The van der Waals surface area contributed by atoms with Crippen molar-refractivity contribution >= 4 is 50.7 Å². The summed E-state index contributed by atoms with van der Waals surface area (Å²) in [6.45, 7) is 2.02. The lowest BCUT2D eigenvalue weighted by atomic mass is 10.1. The minimum absolute atomic E-state index is 0.115. The number of nitrogens with zero attached hydrogens (tertiary/aromatic N) is 1. The zero-order valence-corrected chi connectivity index (χ0v) is 13.7. The third-order valence-electron chi connectivity index (χ3n) is 2.72. The van der Waals surface area contributed by atoms with Gasteiger partial charge >= 0.3 is 0 Å². The molecule has 1 aromatic heterocycles. The van der Waals surface area contributed by atoms with Gasteiger partial charge in [0.2, 0.25) is 0 Å². The Hall–Kier alpha value is -1.10. The molecule has 0 radical (unpaired) electrons. The Bertz CT molecular complexity index is 662. The minimum Gasteiger partial charge on any atom is -0.320 e. The summed E-state index contributed by atoms with van der Waals surface area (Å²) in [6, 6.07) is 8.75. The zero-order valence-electron chi connectivity index (χ0n) is 10.6. The van der Waals surface area contributed by atoms with E-state index < -0.39 is 0 Å². The molecule has 1 N–H and O–H groups in total. The number of hydrogen-bond acceptors (Lipinski definition) is 2. The lowest BCUT2D eigenvalue weighted by molar-refractivity contribution is 0.102. The Morgan fingerprint density at radius 1 is 1.30 bits per heavy atom. The number of aromatic nitrogens is 1. The molecule has 0 unspecified atom stereocenters. The molecule has 0 spiro atoms. The maximum atomic E-state index is 12.2. The van der Waals surface area contributed by atoms with Crippen LogP contribution < -0.4 is 5.32 Å². The van der Waals surface area contributed by atoms with Crippen LogP contribution in [0.1, 0.15) is 23.0 Å².